The lowest BCUT2D eigenvalue weighted by atomic mass is 9.93. The summed E-state index contributed by atoms with van der Waals surface area (Å²) in [5.74, 6) is 0. The van der Waals surface area contributed by atoms with Crippen molar-refractivity contribution >= 4 is 11.6 Å². The van der Waals surface area contributed by atoms with Gasteiger partial charge in [0.1, 0.15) is 0 Å². The normalized spacial score (nSPS) is 24.5. The number of nitrogens with one attached hydrogen (secondary N) is 1. The molecule has 0 aromatic heterocycles. The molecule has 2 rings (SSSR count). The molecule has 18 heavy (non-hydrogen) atoms. The van der Waals surface area contributed by atoms with E-state index in [9.17, 15) is 18.3 Å². The van der Waals surface area contributed by atoms with Crippen LogP contribution in [0.4, 0.5) is 13.2 Å². The van der Waals surface area contributed by atoms with E-state index < -0.39 is 17.3 Å². The number of hydrogen-bond donors (Lipinski definition) is 2. The third kappa shape index (κ3) is 2.96. The number of halogens is 4. The summed E-state index contributed by atoms with van der Waals surface area (Å²) in [6, 6.07) is 3.61. The molecule has 1 aliphatic rings. The van der Waals surface area contributed by atoms with E-state index in [2.05, 4.69) is 5.32 Å². The lowest BCUT2D eigenvalue weighted by Gasteiger charge is -2.21. The summed E-state index contributed by atoms with van der Waals surface area (Å²) in [7, 11) is 0. The highest BCUT2D eigenvalue weighted by molar-refractivity contribution is 6.31. The smallest absolute Gasteiger partial charge is 0.388 e. The second-order valence-electron chi connectivity index (χ2n) is 4.64. The Labute approximate surface area is 108 Å². The minimum atomic E-state index is -4.44. The van der Waals surface area contributed by atoms with Crippen molar-refractivity contribution in [3.63, 3.8) is 0 Å². The third-order valence-corrected chi connectivity index (χ3v) is 3.41. The van der Waals surface area contributed by atoms with Gasteiger partial charge < -0.3 is 10.4 Å². The van der Waals surface area contributed by atoms with Crippen LogP contribution in [0.5, 0.6) is 0 Å². The van der Waals surface area contributed by atoms with Crippen molar-refractivity contribution in [3.8, 4) is 0 Å². The van der Waals surface area contributed by atoms with Crippen molar-refractivity contribution in [3.05, 3.63) is 34.3 Å². The highest BCUT2D eigenvalue weighted by Crippen LogP contribution is 2.35. The topological polar surface area (TPSA) is 32.3 Å². The van der Waals surface area contributed by atoms with Gasteiger partial charge in [-0.05, 0) is 30.7 Å². The van der Waals surface area contributed by atoms with Gasteiger partial charge in [0.25, 0.3) is 0 Å². The molecular weight excluding hydrogens is 267 g/mol. The Hall–Kier alpha value is -0.780. The van der Waals surface area contributed by atoms with Crippen LogP contribution in [-0.2, 0) is 12.6 Å². The van der Waals surface area contributed by atoms with Crippen LogP contribution in [0.3, 0.4) is 0 Å². The number of β-amino-alcohol motifs (C(OH)–C–C–N with tert-alkyl or cyclic N) is 1. The van der Waals surface area contributed by atoms with E-state index in [0.29, 0.717) is 31.5 Å². The van der Waals surface area contributed by atoms with Gasteiger partial charge in [0.15, 0.2) is 0 Å². The van der Waals surface area contributed by atoms with Crippen LogP contribution in [0, 0.1) is 0 Å². The van der Waals surface area contributed by atoms with Crippen LogP contribution in [0.25, 0.3) is 0 Å². The van der Waals surface area contributed by atoms with E-state index in [4.69, 9.17) is 11.6 Å². The van der Waals surface area contributed by atoms with E-state index in [1.807, 2.05) is 0 Å². The van der Waals surface area contributed by atoms with E-state index >= 15 is 0 Å². The zero-order chi connectivity index (χ0) is 13.4. The van der Waals surface area contributed by atoms with Crippen LogP contribution in [0.2, 0.25) is 5.02 Å². The summed E-state index contributed by atoms with van der Waals surface area (Å²) in [5, 5.41) is 12.8. The molecule has 0 saturated carbocycles. The van der Waals surface area contributed by atoms with Crippen molar-refractivity contribution in [1.82, 2.24) is 5.32 Å². The molecule has 0 aliphatic carbocycles. The lowest BCUT2D eigenvalue weighted by Crippen LogP contribution is -2.33. The molecule has 1 aromatic carbocycles. The first-order valence-electron chi connectivity index (χ1n) is 5.59. The molecule has 1 heterocycles. The molecule has 0 spiro atoms. The maximum absolute atomic E-state index is 12.5. The molecule has 1 saturated heterocycles. The van der Waals surface area contributed by atoms with Gasteiger partial charge in [0.05, 0.1) is 16.2 Å². The maximum Gasteiger partial charge on any atom is 0.417 e. The summed E-state index contributed by atoms with van der Waals surface area (Å²) >= 11 is 5.63. The fraction of sp³-hybridized carbons (Fsp3) is 0.500. The first-order chi connectivity index (χ1) is 8.30. The Balaban J connectivity index is 2.19. The van der Waals surface area contributed by atoms with Crippen molar-refractivity contribution < 1.29 is 18.3 Å². The van der Waals surface area contributed by atoms with Gasteiger partial charge in [-0.1, -0.05) is 17.7 Å². The van der Waals surface area contributed by atoms with Gasteiger partial charge >= 0.3 is 6.18 Å². The second-order valence-corrected chi connectivity index (χ2v) is 5.05. The zero-order valence-electron chi connectivity index (χ0n) is 9.52. The quantitative estimate of drug-likeness (QED) is 0.872. The van der Waals surface area contributed by atoms with Gasteiger partial charge in [-0.2, -0.15) is 13.2 Å². The standard InChI is InChI=1S/C12H13ClF3NO/c13-10-5-8(1-2-9(10)12(14,15)16)6-11(18)3-4-17-7-11/h1-2,5,17-18H,3-4,6-7H2. The molecule has 1 atom stereocenters. The molecule has 1 fully saturated rings. The van der Waals surface area contributed by atoms with Gasteiger partial charge in [0.2, 0.25) is 0 Å². The molecule has 1 unspecified atom stereocenters. The van der Waals surface area contributed by atoms with Crippen molar-refractivity contribution in [2.24, 2.45) is 0 Å². The first-order valence-corrected chi connectivity index (χ1v) is 5.97. The average Bonchev–Trinajstić information content (AvgIpc) is 2.62. The summed E-state index contributed by atoms with van der Waals surface area (Å²) in [5.41, 5.74) is -1.12. The monoisotopic (exact) mass is 279 g/mol. The molecule has 100 valence electrons. The molecule has 0 radical (unpaired) electrons. The second kappa shape index (κ2) is 4.72. The van der Waals surface area contributed by atoms with Gasteiger partial charge in [-0.15, -0.1) is 0 Å². The predicted octanol–water partition coefficient (Wildman–Crippen LogP) is 2.63. The third-order valence-electron chi connectivity index (χ3n) is 3.09. The minimum Gasteiger partial charge on any atom is -0.388 e. The summed E-state index contributed by atoms with van der Waals surface area (Å²) in [4.78, 5) is 0. The highest BCUT2D eigenvalue weighted by atomic mass is 35.5. The Morgan fingerprint density at radius 3 is 2.61 bits per heavy atom. The maximum atomic E-state index is 12.5. The fourth-order valence-corrected chi connectivity index (χ4v) is 2.47. The number of aliphatic hydroxyl groups is 1. The van der Waals surface area contributed by atoms with Crippen LogP contribution in [0.1, 0.15) is 17.5 Å². The van der Waals surface area contributed by atoms with Gasteiger partial charge in [-0.3, -0.25) is 0 Å². The summed E-state index contributed by atoms with van der Waals surface area (Å²) in [6.07, 6.45) is -3.55. The van der Waals surface area contributed by atoms with Crippen molar-refractivity contribution in [2.75, 3.05) is 13.1 Å². The number of hydrogen-bond acceptors (Lipinski definition) is 2. The van der Waals surface area contributed by atoms with E-state index in [1.54, 1.807) is 0 Å². The first kappa shape index (κ1) is 13.6. The molecule has 1 aliphatic heterocycles. The Morgan fingerprint density at radius 1 is 1.39 bits per heavy atom. The van der Waals surface area contributed by atoms with Crippen molar-refractivity contribution in [2.45, 2.75) is 24.6 Å². The predicted molar refractivity (Wildman–Crippen MR) is 62.6 cm³/mol. The molecular formula is C12H13ClF3NO. The molecule has 2 N–H and O–H groups in total. The Morgan fingerprint density at radius 2 is 2.11 bits per heavy atom. The molecule has 0 bridgehead atoms. The van der Waals surface area contributed by atoms with E-state index in [0.717, 1.165) is 6.07 Å². The number of benzene rings is 1. The number of rotatable bonds is 2. The van der Waals surface area contributed by atoms with Crippen LogP contribution in [0.15, 0.2) is 18.2 Å². The molecule has 1 aromatic rings. The summed E-state index contributed by atoms with van der Waals surface area (Å²) in [6.45, 7) is 1.16. The largest absolute Gasteiger partial charge is 0.417 e. The molecule has 6 heteroatoms. The van der Waals surface area contributed by atoms with Crippen LogP contribution >= 0.6 is 11.6 Å². The Bertz CT molecular complexity index is 441. The average molecular weight is 280 g/mol. The number of alkyl halides is 3. The summed E-state index contributed by atoms with van der Waals surface area (Å²) < 4.78 is 37.6. The SMILES string of the molecule is OC1(Cc2ccc(C(F)(F)F)c(Cl)c2)CCNC1. The van der Waals surface area contributed by atoms with Crippen LogP contribution < -0.4 is 5.32 Å². The van der Waals surface area contributed by atoms with E-state index in [-0.39, 0.29) is 5.02 Å². The lowest BCUT2D eigenvalue weighted by molar-refractivity contribution is -0.137. The van der Waals surface area contributed by atoms with Gasteiger partial charge in [0, 0.05) is 13.0 Å². The van der Waals surface area contributed by atoms with Gasteiger partial charge in [-0.25, -0.2) is 0 Å². The molecule has 0 amide bonds. The Kier molecular flexibility index (Phi) is 3.58. The minimum absolute atomic E-state index is 0.303. The fourth-order valence-electron chi connectivity index (χ4n) is 2.16. The van der Waals surface area contributed by atoms with E-state index in [1.165, 1.54) is 12.1 Å². The highest BCUT2D eigenvalue weighted by Gasteiger charge is 2.34. The van der Waals surface area contributed by atoms with Crippen LogP contribution in [-0.4, -0.2) is 23.8 Å². The zero-order valence-corrected chi connectivity index (χ0v) is 10.3. The van der Waals surface area contributed by atoms with Crippen molar-refractivity contribution in [1.29, 1.82) is 0 Å². The molecule has 2 nitrogen and oxygen atoms in total.